The van der Waals surface area contributed by atoms with E-state index >= 15 is 0 Å². The van der Waals surface area contributed by atoms with E-state index in [4.69, 9.17) is 0 Å². The van der Waals surface area contributed by atoms with Crippen LogP contribution in [0.1, 0.15) is 12.8 Å². The summed E-state index contributed by atoms with van der Waals surface area (Å²) in [6, 6.07) is -0.364. The summed E-state index contributed by atoms with van der Waals surface area (Å²) in [5.41, 5.74) is 0. The first-order valence-corrected chi connectivity index (χ1v) is 3.19. The highest BCUT2D eigenvalue weighted by atomic mass is 19.4. The molecule has 0 aromatic heterocycles. The maximum atomic E-state index is 11.6. The molecule has 1 heterocycles. The molecular weight excluding hydrogens is 157 g/mol. The van der Waals surface area contributed by atoms with Gasteiger partial charge in [0.1, 0.15) is 6.34 Å². The third kappa shape index (κ3) is 3.15. The van der Waals surface area contributed by atoms with Gasteiger partial charge >= 0.3 is 6.18 Å². The Kier molecular flexibility index (Phi) is 2.26. The van der Waals surface area contributed by atoms with Gasteiger partial charge in [0.25, 0.3) is 0 Å². The van der Waals surface area contributed by atoms with Crippen molar-refractivity contribution in [2.24, 2.45) is 9.98 Å². The van der Waals surface area contributed by atoms with E-state index in [0.29, 0.717) is 0 Å². The van der Waals surface area contributed by atoms with Gasteiger partial charge in [-0.25, -0.2) is 4.99 Å². The quantitative estimate of drug-likeness (QED) is 0.594. The lowest BCUT2D eigenvalue weighted by molar-refractivity contribution is -0.135. The van der Waals surface area contributed by atoms with Crippen LogP contribution in [-0.2, 0) is 0 Å². The summed E-state index contributed by atoms with van der Waals surface area (Å²) in [4.78, 5) is 7.27. The summed E-state index contributed by atoms with van der Waals surface area (Å²) >= 11 is 0. The standard InChI is InChI=1S/C6H7F3N2/c7-6(8,9)2-1-5-3-10-4-11-5/h3-5H,1-2H2. The van der Waals surface area contributed by atoms with Gasteiger partial charge in [0.15, 0.2) is 0 Å². The molecule has 1 unspecified atom stereocenters. The fourth-order valence-electron chi connectivity index (χ4n) is 0.761. The zero-order valence-corrected chi connectivity index (χ0v) is 5.67. The van der Waals surface area contributed by atoms with Gasteiger partial charge in [-0.1, -0.05) is 0 Å². The molecule has 0 saturated carbocycles. The Hall–Kier alpha value is -0.870. The number of halogens is 3. The van der Waals surface area contributed by atoms with Gasteiger partial charge in [0, 0.05) is 12.6 Å². The van der Waals surface area contributed by atoms with Crippen LogP contribution in [0.2, 0.25) is 0 Å². The lowest BCUT2D eigenvalue weighted by atomic mass is 10.2. The summed E-state index contributed by atoms with van der Waals surface area (Å²) in [6.07, 6.45) is -2.16. The average molecular weight is 164 g/mol. The Morgan fingerprint density at radius 2 is 2.09 bits per heavy atom. The zero-order chi connectivity index (χ0) is 8.32. The third-order valence-electron chi connectivity index (χ3n) is 1.31. The number of hydrogen-bond donors (Lipinski definition) is 0. The molecule has 0 fully saturated rings. The number of rotatable bonds is 2. The van der Waals surface area contributed by atoms with Gasteiger partial charge in [0.05, 0.1) is 6.04 Å². The van der Waals surface area contributed by atoms with Gasteiger partial charge in [-0.05, 0) is 6.42 Å². The average Bonchev–Trinajstić information content (AvgIpc) is 2.32. The van der Waals surface area contributed by atoms with E-state index in [0.717, 1.165) is 0 Å². The lowest BCUT2D eigenvalue weighted by Gasteiger charge is -2.06. The molecule has 1 atom stereocenters. The second kappa shape index (κ2) is 3.02. The second-order valence-corrected chi connectivity index (χ2v) is 2.28. The van der Waals surface area contributed by atoms with E-state index < -0.39 is 12.6 Å². The van der Waals surface area contributed by atoms with Gasteiger partial charge in [-0.15, -0.1) is 0 Å². The van der Waals surface area contributed by atoms with E-state index in [9.17, 15) is 13.2 Å². The molecule has 0 amide bonds. The highest BCUT2D eigenvalue weighted by Gasteiger charge is 2.28. The first-order chi connectivity index (χ1) is 5.08. The van der Waals surface area contributed by atoms with Gasteiger partial charge in [0.2, 0.25) is 0 Å². The fourth-order valence-corrected chi connectivity index (χ4v) is 0.761. The monoisotopic (exact) mass is 164 g/mol. The van der Waals surface area contributed by atoms with Crippen LogP contribution in [0, 0.1) is 0 Å². The molecule has 0 radical (unpaired) electrons. The smallest absolute Gasteiger partial charge is 0.264 e. The molecule has 0 saturated heterocycles. The summed E-state index contributed by atoms with van der Waals surface area (Å²) in [7, 11) is 0. The van der Waals surface area contributed by atoms with E-state index in [1.54, 1.807) is 0 Å². The molecule has 1 rings (SSSR count). The molecule has 62 valence electrons. The van der Waals surface area contributed by atoms with Crippen LogP contribution < -0.4 is 0 Å². The van der Waals surface area contributed by atoms with Crippen molar-refractivity contribution in [1.82, 2.24) is 0 Å². The van der Waals surface area contributed by atoms with Crippen molar-refractivity contribution in [3.63, 3.8) is 0 Å². The Labute approximate surface area is 61.8 Å². The second-order valence-electron chi connectivity index (χ2n) is 2.28. The molecular formula is C6H7F3N2. The van der Waals surface area contributed by atoms with Crippen LogP contribution in [-0.4, -0.2) is 24.8 Å². The molecule has 0 aliphatic carbocycles. The van der Waals surface area contributed by atoms with Crippen molar-refractivity contribution in [3.05, 3.63) is 0 Å². The van der Waals surface area contributed by atoms with Crippen molar-refractivity contribution < 1.29 is 13.2 Å². The van der Waals surface area contributed by atoms with E-state index in [2.05, 4.69) is 9.98 Å². The van der Waals surface area contributed by atoms with E-state index in [1.165, 1.54) is 12.6 Å². The van der Waals surface area contributed by atoms with Crippen molar-refractivity contribution in [1.29, 1.82) is 0 Å². The number of alkyl halides is 3. The molecule has 0 N–H and O–H groups in total. The molecule has 5 heteroatoms. The van der Waals surface area contributed by atoms with E-state index in [1.807, 2.05) is 0 Å². The van der Waals surface area contributed by atoms with Crippen LogP contribution in [0.5, 0.6) is 0 Å². The molecule has 1 aliphatic rings. The highest BCUT2D eigenvalue weighted by Crippen LogP contribution is 2.22. The summed E-state index contributed by atoms with van der Waals surface area (Å²) in [5, 5.41) is 0. The predicted octanol–water partition coefficient (Wildman–Crippen LogP) is 1.81. The summed E-state index contributed by atoms with van der Waals surface area (Å²) in [6.45, 7) is 0. The van der Waals surface area contributed by atoms with Gasteiger partial charge < -0.3 is 0 Å². The van der Waals surface area contributed by atoms with Crippen LogP contribution in [0.3, 0.4) is 0 Å². The van der Waals surface area contributed by atoms with Crippen molar-refractivity contribution in [2.45, 2.75) is 25.1 Å². The number of nitrogens with zero attached hydrogens (tertiary/aromatic N) is 2. The van der Waals surface area contributed by atoms with Crippen molar-refractivity contribution >= 4 is 12.6 Å². The zero-order valence-electron chi connectivity index (χ0n) is 5.67. The molecule has 0 aromatic rings. The SMILES string of the molecule is FC(F)(F)CCC1C=NC=N1. The minimum atomic E-state index is -4.08. The van der Waals surface area contributed by atoms with Crippen LogP contribution in [0.25, 0.3) is 0 Å². The molecule has 0 spiro atoms. The lowest BCUT2D eigenvalue weighted by Crippen LogP contribution is -2.12. The van der Waals surface area contributed by atoms with E-state index in [-0.39, 0.29) is 12.5 Å². The van der Waals surface area contributed by atoms with Crippen LogP contribution in [0.15, 0.2) is 9.98 Å². The van der Waals surface area contributed by atoms with Gasteiger partial charge in [-0.3, -0.25) is 4.99 Å². The van der Waals surface area contributed by atoms with Gasteiger partial charge in [-0.2, -0.15) is 13.2 Å². The Bertz CT molecular complexity index is 171. The maximum absolute atomic E-state index is 11.6. The molecule has 2 nitrogen and oxygen atoms in total. The largest absolute Gasteiger partial charge is 0.389 e. The number of aliphatic imine (C=N–C) groups is 2. The first-order valence-electron chi connectivity index (χ1n) is 3.19. The Morgan fingerprint density at radius 3 is 2.55 bits per heavy atom. The summed E-state index contributed by atoms with van der Waals surface area (Å²) < 4.78 is 34.8. The first kappa shape index (κ1) is 8.23. The summed E-state index contributed by atoms with van der Waals surface area (Å²) in [5.74, 6) is 0. The van der Waals surface area contributed by atoms with Crippen LogP contribution in [0.4, 0.5) is 13.2 Å². The third-order valence-corrected chi connectivity index (χ3v) is 1.31. The van der Waals surface area contributed by atoms with Crippen molar-refractivity contribution in [3.8, 4) is 0 Å². The normalized spacial score (nSPS) is 23.0. The Balaban J connectivity index is 2.23. The molecule has 1 aliphatic heterocycles. The number of hydrogen-bond acceptors (Lipinski definition) is 2. The molecule has 11 heavy (non-hydrogen) atoms. The minimum Gasteiger partial charge on any atom is -0.264 e. The Morgan fingerprint density at radius 1 is 1.36 bits per heavy atom. The van der Waals surface area contributed by atoms with Crippen LogP contribution >= 0.6 is 0 Å². The fraction of sp³-hybridized carbons (Fsp3) is 0.667. The predicted molar refractivity (Wildman–Crippen MR) is 36.1 cm³/mol. The highest BCUT2D eigenvalue weighted by molar-refractivity contribution is 5.82. The molecule has 0 bridgehead atoms. The van der Waals surface area contributed by atoms with Crippen molar-refractivity contribution in [2.75, 3.05) is 0 Å². The molecule has 0 aromatic carbocycles. The minimum absolute atomic E-state index is 0.00347. The topological polar surface area (TPSA) is 24.7 Å². The maximum Gasteiger partial charge on any atom is 0.389 e.